The third kappa shape index (κ3) is 4.30. The molecule has 0 atom stereocenters. The molecule has 3 rings (SSSR count). The number of nitrogens with one attached hydrogen (secondary N) is 1. The van der Waals surface area contributed by atoms with Gasteiger partial charge in [0.1, 0.15) is 5.75 Å². The zero-order valence-corrected chi connectivity index (χ0v) is 13.7. The standard InChI is InChI=1S/C17H14ClF2NO4/c18-12-8-14-15(24-6-2-5-23-14)9-13(12)21-16(22)10-3-1-4-11(7-10)25-17(19)20/h1,3-4,7-9,17H,2,5-6H2,(H,21,22). The van der Waals surface area contributed by atoms with E-state index in [1.165, 1.54) is 24.3 Å². The average molecular weight is 370 g/mol. The van der Waals surface area contributed by atoms with E-state index in [4.69, 9.17) is 21.1 Å². The zero-order valence-electron chi connectivity index (χ0n) is 12.9. The molecule has 0 aliphatic carbocycles. The largest absolute Gasteiger partial charge is 0.490 e. The molecule has 0 aromatic heterocycles. The lowest BCUT2D eigenvalue weighted by Gasteiger charge is -2.13. The predicted molar refractivity (Wildman–Crippen MR) is 88.1 cm³/mol. The minimum absolute atomic E-state index is 0.104. The summed E-state index contributed by atoms with van der Waals surface area (Å²) in [6, 6.07) is 8.61. The van der Waals surface area contributed by atoms with Crippen molar-refractivity contribution in [3.05, 3.63) is 47.0 Å². The molecular formula is C17H14ClF2NO4. The van der Waals surface area contributed by atoms with Crippen LogP contribution in [0.15, 0.2) is 36.4 Å². The number of anilines is 1. The van der Waals surface area contributed by atoms with Crippen molar-refractivity contribution in [1.82, 2.24) is 0 Å². The fourth-order valence-electron chi connectivity index (χ4n) is 2.29. The van der Waals surface area contributed by atoms with Crippen LogP contribution in [0.3, 0.4) is 0 Å². The Labute approximate surface area is 147 Å². The molecular weight excluding hydrogens is 356 g/mol. The van der Waals surface area contributed by atoms with E-state index < -0.39 is 12.5 Å². The van der Waals surface area contributed by atoms with Gasteiger partial charge in [0.25, 0.3) is 5.91 Å². The lowest BCUT2D eigenvalue weighted by atomic mass is 10.2. The molecule has 0 bridgehead atoms. The van der Waals surface area contributed by atoms with E-state index in [0.29, 0.717) is 30.4 Å². The first-order valence-electron chi connectivity index (χ1n) is 7.48. The van der Waals surface area contributed by atoms with Crippen molar-refractivity contribution in [2.45, 2.75) is 13.0 Å². The molecule has 25 heavy (non-hydrogen) atoms. The summed E-state index contributed by atoms with van der Waals surface area (Å²) < 4.78 is 39.9. The van der Waals surface area contributed by atoms with Gasteiger partial charge in [0, 0.05) is 24.1 Å². The Morgan fingerprint density at radius 3 is 2.60 bits per heavy atom. The van der Waals surface area contributed by atoms with Gasteiger partial charge in [-0.3, -0.25) is 4.79 Å². The number of benzene rings is 2. The van der Waals surface area contributed by atoms with Crippen molar-refractivity contribution in [3.63, 3.8) is 0 Å². The summed E-state index contributed by atoms with van der Waals surface area (Å²) in [6.45, 7) is -1.95. The SMILES string of the molecule is O=C(Nc1cc2c(cc1Cl)OCCCO2)c1cccc(OC(F)F)c1. The maximum Gasteiger partial charge on any atom is 0.387 e. The van der Waals surface area contributed by atoms with Gasteiger partial charge in [0.2, 0.25) is 0 Å². The van der Waals surface area contributed by atoms with E-state index in [-0.39, 0.29) is 16.3 Å². The van der Waals surface area contributed by atoms with Crippen molar-refractivity contribution in [1.29, 1.82) is 0 Å². The van der Waals surface area contributed by atoms with Gasteiger partial charge in [0.15, 0.2) is 11.5 Å². The molecule has 0 fully saturated rings. The third-order valence-electron chi connectivity index (χ3n) is 3.41. The number of hydrogen-bond donors (Lipinski definition) is 1. The molecule has 1 N–H and O–H groups in total. The highest BCUT2D eigenvalue weighted by molar-refractivity contribution is 6.34. The number of hydrogen-bond acceptors (Lipinski definition) is 4. The molecule has 0 spiro atoms. The molecule has 132 valence electrons. The molecule has 0 radical (unpaired) electrons. The van der Waals surface area contributed by atoms with E-state index in [1.54, 1.807) is 12.1 Å². The van der Waals surface area contributed by atoms with Gasteiger partial charge >= 0.3 is 6.61 Å². The maximum atomic E-state index is 12.4. The zero-order chi connectivity index (χ0) is 17.8. The number of halogens is 3. The molecule has 8 heteroatoms. The number of amides is 1. The second kappa shape index (κ2) is 7.57. The van der Waals surface area contributed by atoms with Gasteiger partial charge in [0.05, 0.1) is 23.9 Å². The Bertz CT molecular complexity index is 785. The van der Waals surface area contributed by atoms with Crippen LogP contribution in [-0.4, -0.2) is 25.7 Å². The lowest BCUT2D eigenvalue weighted by molar-refractivity contribution is -0.0498. The fourth-order valence-corrected chi connectivity index (χ4v) is 2.49. The van der Waals surface area contributed by atoms with Crippen LogP contribution >= 0.6 is 11.6 Å². The molecule has 0 saturated heterocycles. The Balaban J connectivity index is 1.80. The van der Waals surface area contributed by atoms with E-state index in [0.717, 1.165) is 6.42 Å². The topological polar surface area (TPSA) is 56.8 Å². The normalized spacial score (nSPS) is 13.3. The smallest absolute Gasteiger partial charge is 0.387 e. The van der Waals surface area contributed by atoms with Crippen LogP contribution in [0.2, 0.25) is 5.02 Å². The van der Waals surface area contributed by atoms with Crippen LogP contribution in [-0.2, 0) is 0 Å². The molecule has 1 amide bonds. The van der Waals surface area contributed by atoms with Crippen molar-refractivity contribution >= 4 is 23.2 Å². The molecule has 5 nitrogen and oxygen atoms in total. The predicted octanol–water partition coefficient (Wildman–Crippen LogP) is 4.36. The van der Waals surface area contributed by atoms with Crippen molar-refractivity contribution in [3.8, 4) is 17.2 Å². The highest BCUT2D eigenvalue weighted by Gasteiger charge is 2.17. The van der Waals surface area contributed by atoms with Gasteiger partial charge < -0.3 is 19.5 Å². The molecule has 0 unspecified atom stereocenters. The number of ether oxygens (including phenoxy) is 3. The fraction of sp³-hybridized carbons (Fsp3) is 0.235. The van der Waals surface area contributed by atoms with E-state index in [2.05, 4.69) is 10.1 Å². The van der Waals surface area contributed by atoms with Crippen molar-refractivity contribution in [2.24, 2.45) is 0 Å². The highest BCUT2D eigenvalue weighted by Crippen LogP contribution is 2.37. The van der Waals surface area contributed by atoms with Crippen LogP contribution < -0.4 is 19.5 Å². The minimum atomic E-state index is -2.96. The molecule has 1 aliphatic heterocycles. The summed E-state index contributed by atoms with van der Waals surface area (Å²) >= 11 is 6.17. The first-order chi connectivity index (χ1) is 12.0. The number of fused-ring (bicyclic) bond motifs is 1. The number of carbonyl (C=O) groups excluding carboxylic acids is 1. The van der Waals surface area contributed by atoms with Gasteiger partial charge in [-0.15, -0.1) is 0 Å². The van der Waals surface area contributed by atoms with Crippen LogP contribution in [0.5, 0.6) is 17.2 Å². The summed E-state index contributed by atoms with van der Waals surface area (Å²) in [5.41, 5.74) is 0.484. The van der Waals surface area contributed by atoms with Crippen LogP contribution in [0.25, 0.3) is 0 Å². The quantitative estimate of drug-likeness (QED) is 0.870. The average Bonchev–Trinajstić information content (AvgIpc) is 2.79. The molecule has 1 heterocycles. The molecule has 0 saturated carbocycles. The Morgan fingerprint density at radius 2 is 1.88 bits per heavy atom. The van der Waals surface area contributed by atoms with Crippen LogP contribution in [0, 0.1) is 0 Å². The number of carbonyl (C=O) groups is 1. The molecule has 2 aromatic rings. The van der Waals surface area contributed by atoms with Gasteiger partial charge in [-0.25, -0.2) is 0 Å². The molecule has 1 aliphatic rings. The summed E-state index contributed by atoms with van der Waals surface area (Å²) in [5, 5.41) is 2.90. The van der Waals surface area contributed by atoms with E-state index >= 15 is 0 Å². The Hall–Kier alpha value is -2.54. The summed E-state index contributed by atoms with van der Waals surface area (Å²) in [5.74, 6) is 0.364. The lowest BCUT2D eigenvalue weighted by Crippen LogP contribution is -2.13. The molecule has 2 aromatic carbocycles. The third-order valence-corrected chi connectivity index (χ3v) is 3.72. The van der Waals surface area contributed by atoms with E-state index in [1.807, 2.05) is 0 Å². The maximum absolute atomic E-state index is 12.4. The van der Waals surface area contributed by atoms with Crippen LogP contribution in [0.1, 0.15) is 16.8 Å². The Kier molecular flexibility index (Phi) is 5.23. The first kappa shape index (κ1) is 17.3. The van der Waals surface area contributed by atoms with Gasteiger partial charge in [-0.2, -0.15) is 8.78 Å². The number of rotatable bonds is 4. The number of alkyl halides is 2. The first-order valence-corrected chi connectivity index (χ1v) is 7.86. The van der Waals surface area contributed by atoms with Crippen LogP contribution in [0.4, 0.5) is 14.5 Å². The van der Waals surface area contributed by atoms with Crippen molar-refractivity contribution in [2.75, 3.05) is 18.5 Å². The minimum Gasteiger partial charge on any atom is -0.490 e. The van der Waals surface area contributed by atoms with Gasteiger partial charge in [-0.05, 0) is 18.2 Å². The van der Waals surface area contributed by atoms with E-state index in [9.17, 15) is 13.6 Å². The Morgan fingerprint density at radius 1 is 1.16 bits per heavy atom. The second-order valence-electron chi connectivity index (χ2n) is 5.19. The second-order valence-corrected chi connectivity index (χ2v) is 5.60. The summed E-state index contributed by atoms with van der Waals surface area (Å²) in [6.07, 6.45) is 0.741. The monoisotopic (exact) mass is 369 g/mol. The van der Waals surface area contributed by atoms with Crippen molar-refractivity contribution < 1.29 is 27.8 Å². The summed E-state index contributed by atoms with van der Waals surface area (Å²) in [7, 11) is 0. The van der Waals surface area contributed by atoms with Gasteiger partial charge in [-0.1, -0.05) is 17.7 Å². The summed E-state index contributed by atoms with van der Waals surface area (Å²) in [4.78, 5) is 12.4. The highest BCUT2D eigenvalue weighted by atomic mass is 35.5.